The Kier molecular flexibility index (Phi) is 6.11. The Labute approximate surface area is 154 Å². The molecule has 3 rings (SSSR count). The van der Waals surface area contributed by atoms with Crippen LogP contribution in [0.1, 0.15) is 36.3 Å². The minimum absolute atomic E-state index is 0.0436. The number of hydrogen-bond donors (Lipinski definition) is 1. The third-order valence-electron chi connectivity index (χ3n) is 5.09. The number of aliphatic hydroxyl groups is 1. The number of likely N-dealkylation sites (tertiary alicyclic amines) is 1. The first-order valence-corrected chi connectivity index (χ1v) is 9.25. The van der Waals surface area contributed by atoms with Crippen molar-refractivity contribution in [2.45, 2.75) is 25.2 Å². The van der Waals surface area contributed by atoms with Crippen LogP contribution >= 0.6 is 11.6 Å². The summed E-state index contributed by atoms with van der Waals surface area (Å²) in [4.78, 5) is 14.8. The van der Waals surface area contributed by atoms with E-state index in [4.69, 9.17) is 11.6 Å². The predicted molar refractivity (Wildman–Crippen MR) is 101 cm³/mol. The fourth-order valence-electron chi connectivity index (χ4n) is 3.52. The van der Waals surface area contributed by atoms with Crippen molar-refractivity contribution in [1.29, 1.82) is 0 Å². The molecule has 0 spiro atoms. The van der Waals surface area contributed by atoms with E-state index in [0.717, 1.165) is 37.1 Å². The van der Waals surface area contributed by atoms with E-state index in [1.807, 2.05) is 47.4 Å². The smallest absolute Gasteiger partial charge is 0.223 e. The first kappa shape index (κ1) is 18.0. The van der Waals surface area contributed by atoms with Gasteiger partial charge in [0.25, 0.3) is 0 Å². The number of aliphatic hydroxyl groups excluding tert-OH is 1. The van der Waals surface area contributed by atoms with Gasteiger partial charge >= 0.3 is 0 Å². The number of rotatable bonds is 5. The zero-order valence-corrected chi connectivity index (χ0v) is 15.0. The van der Waals surface area contributed by atoms with E-state index in [1.54, 1.807) is 0 Å². The monoisotopic (exact) mass is 357 g/mol. The largest absolute Gasteiger partial charge is 0.396 e. The summed E-state index contributed by atoms with van der Waals surface area (Å²) in [7, 11) is 0. The number of carbonyl (C=O) groups excluding carboxylic acids is 1. The molecule has 3 nitrogen and oxygen atoms in total. The van der Waals surface area contributed by atoms with Gasteiger partial charge in [-0.05, 0) is 36.0 Å². The molecule has 1 atom stereocenters. The van der Waals surface area contributed by atoms with E-state index >= 15 is 0 Å². The van der Waals surface area contributed by atoms with E-state index < -0.39 is 0 Å². The van der Waals surface area contributed by atoms with Crippen LogP contribution in [0.5, 0.6) is 0 Å². The summed E-state index contributed by atoms with van der Waals surface area (Å²) in [5.74, 6) is 0.445. The molecule has 1 unspecified atom stereocenters. The maximum absolute atomic E-state index is 12.9. The normalized spacial score (nSPS) is 16.6. The maximum Gasteiger partial charge on any atom is 0.223 e. The van der Waals surface area contributed by atoms with Crippen LogP contribution in [0.25, 0.3) is 0 Å². The van der Waals surface area contributed by atoms with Gasteiger partial charge in [0.15, 0.2) is 0 Å². The van der Waals surface area contributed by atoms with Gasteiger partial charge in [-0.15, -0.1) is 0 Å². The van der Waals surface area contributed by atoms with E-state index in [0.29, 0.717) is 17.4 Å². The van der Waals surface area contributed by atoms with Crippen LogP contribution in [-0.4, -0.2) is 35.6 Å². The fraction of sp³-hybridized carbons (Fsp3) is 0.381. The number of halogens is 1. The highest BCUT2D eigenvalue weighted by molar-refractivity contribution is 6.31. The third kappa shape index (κ3) is 4.42. The van der Waals surface area contributed by atoms with Gasteiger partial charge in [-0.3, -0.25) is 4.79 Å². The number of nitrogens with zero attached hydrogens (tertiary/aromatic N) is 1. The molecule has 4 heteroatoms. The molecule has 1 saturated heterocycles. The first-order valence-electron chi connectivity index (χ1n) is 8.87. The van der Waals surface area contributed by atoms with Gasteiger partial charge in [0.1, 0.15) is 0 Å². The molecule has 0 radical (unpaired) electrons. The van der Waals surface area contributed by atoms with Gasteiger partial charge in [0.2, 0.25) is 5.91 Å². The molecule has 0 saturated carbocycles. The van der Waals surface area contributed by atoms with Crippen molar-refractivity contribution in [1.82, 2.24) is 4.90 Å². The second-order valence-corrected chi connectivity index (χ2v) is 7.10. The summed E-state index contributed by atoms with van der Waals surface area (Å²) in [6.45, 7) is 1.68. The molecule has 1 fully saturated rings. The van der Waals surface area contributed by atoms with Crippen LogP contribution in [0, 0.1) is 5.92 Å². The Bertz CT molecular complexity index is 696. The van der Waals surface area contributed by atoms with Crippen molar-refractivity contribution < 1.29 is 9.90 Å². The van der Waals surface area contributed by atoms with Gasteiger partial charge in [-0.2, -0.15) is 0 Å². The highest BCUT2D eigenvalue weighted by Gasteiger charge is 2.26. The molecule has 1 heterocycles. The Balaban J connectivity index is 1.79. The summed E-state index contributed by atoms with van der Waals surface area (Å²) in [5.41, 5.74) is 2.10. The third-order valence-corrected chi connectivity index (χ3v) is 5.43. The average Bonchev–Trinajstić information content (AvgIpc) is 2.67. The zero-order chi connectivity index (χ0) is 17.6. The molecule has 0 aliphatic carbocycles. The van der Waals surface area contributed by atoms with Crippen molar-refractivity contribution in [3.8, 4) is 0 Å². The number of hydrogen-bond acceptors (Lipinski definition) is 2. The Morgan fingerprint density at radius 1 is 1.08 bits per heavy atom. The van der Waals surface area contributed by atoms with Crippen LogP contribution in [0.4, 0.5) is 0 Å². The Morgan fingerprint density at radius 3 is 2.36 bits per heavy atom. The molecule has 0 bridgehead atoms. The van der Waals surface area contributed by atoms with Crippen LogP contribution in [-0.2, 0) is 4.79 Å². The summed E-state index contributed by atoms with van der Waals surface area (Å²) >= 11 is 6.42. The Hall–Kier alpha value is -1.84. The molecule has 25 heavy (non-hydrogen) atoms. The molecular weight excluding hydrogens is 334 g/mol. The highest BCUT2D eigenvalue weighted by Crippen LogP contribution is 2.33. The molecule has 1 N–H and O–H groups in total. The van der Waals surface area contributed by atoms with Crippen molar-refractivity contribution in [3.63, 3.8) is 0 Å². The number of benzene rings is 2. The van der Waals surface area contributed by atoms with Gasteiger partial charge in [0.05, 0.1) is 0 Å². The van der Waals surface area contributed by atoms with Crippen LogP contribution < -0.4 is 0 Å². The van der Waals surface area contributed by atoms with Crippen molar-refractivity contribution >= 4 is 17.5 Å². The van der Waals surface area contributed by atoms with E-state index in [-0.39, 0.29) is 18.4 Å². The summed E-state index contributed by atoms with van der Waals surface area (Å²) < 4.78 is 0. The summed E-state index contributed by atoms with van der Waals surface area (Å²) in [6.07, 6.45) is 2.17. The van der Waals surface area contributed by atoms with Gasteiger partial charge < -0.3 is 10.0 Å². The fourth-order valence-corrected chi connectivity index (χ4v) is 3.79. The van der Waals surface area contributed by atoms with Crippen LogP contribution in [0.15, 0.2) is 54.6 Å². The van der Waals surface area contributed by atoms with E-state index in [1.165, 1.54) is 0 Å². The lowest BCUT2D eigenvalue weighted by Crippen LogP contribution is -2.39. The Morgan fingerprint density at radius 2 is 1.72 bits per heavy atom. The zero-order valence-electron chi connectivity index (χ0n) is 14.3. The number of carbonyl (C=O) groups is 1. The van der Waals surface area contributed by atoms with Gasteiger partial charge in [-0.1, -0.05) is 60.1 Å². The topological polar surface area (TPSA) is 40.5 Å². The van der Waals surface area contributed by atoms with Crippen LogP contribution in [0.2, 0.25) is 5.02 Å². The molecule has 1 aliphatic heterocycles. The lowest BCUT2D eigenvalue weighted by molar-refractivity contribution is -0.133. The number of amides is 1. The van der Waals surface area contributed by atoms with Crippen LogP contribution in [0.3, 0.4) is 0 Å². The lowest BCUT2D eigenvalue weighted by atomic mass is 9.87. The van der Waals surface area contributed by atoms with Gasteiger partial charge in [-0.25, -0.2) is 0 Å². The SMILES string of the molecule is O=C(CC(c1ccccc1)c1ccccc1Cl)N1CCC(CO)CC1. The first-order chi connectivity index (χ1) is 12.2. The molecule has 1 amide bonds. The van der Waals surface area contributed by atoms with E-state index in [9.17, 15) is 9.90 Å². The van der Waals surface area contributed by atoms with E-state index in [2.05, 4.69) is 12.1 Å². The van der Waals surface area contributed by atoms with Crippen molar-refractivity contribution in [2.75, 3.05) is 19.7 Å². The minimum atomic E-state index is -0.0436. The molecule has 2 aromatic carbocycles. The molecule has 2 aromatic rings. The second-order valence-electron chi connectivity index (χ2n) is 6.70. The lowest BCUT2D eigenvalue weighted by Gasteiger charge is -2.32. The molecule has 132 valence electrons. The summed E-state index contributed by atoms with van der Waals surface area (Å²) in [6, 6.07) is 17.8. The standard InChI is InChI=1S/C21H24ClNO2/c22-20-9-5-4-8-18(20)19(17-6-2-1-3-7-17)14-21(25)23-12-10-16(15-24)11-13-23/h1-9,16,19,24H,10-15H2. The van der Waals surface area contributed by atoms with Crippen molar-refractivity contribution in [2.24, 2.45) is 5.92 Å². The molecule has 0 aromatic heterocycles. The molecule has 1 aliphatic rings. The quantitative estimate of drug-likeness (QED) is 0.875. The average molecular weight is 358 g/mol. The predicted octanol–water partition coefficient (Wildman–Crippen LogP) is 4.09. The minimum Gasteiger partial charge on any atom is -0.396 e. The number of piperidine rings is 1. The maximum atomic E-state index is 12.9. The van der Waals surface area contributed by atoms with Gasteiger partial charge in [0, 0.05) is 37.1 Å². The second kappa shape index (κ2) is 8.50. The molecular formula is C21H24ClNO2. The highest BCUT2D eigenvalue weighted by atomic mass is 35.5. The summed E-state index contributed by atoms with van der Waals surface area (Å²) in [5, 5.41) is 9.97. The van der Waals surface area contributed by atoms with Crippen molar-refractivity contribution in [3.05, 3.63) is 70.7 Å².